The van der Waals surface area contributed by atoms with Crippen LogP contribution >= 0.6 is 11.6 Å². The van der Waals surface area contributed by atoms with Crippen LogP contribution in [0.4, 0.5) is 0 Å². The van der Waals surface area contributed by atoms with Crippen molar-refractivity contribution in [2.45, 2.75) is 19.9 Å². The first kappa shape index (κ1) is 13.5. The molecule has 3 heteroatoms. The molecule has 0 aliphatic carbocycles. The Balaban J connectivity index is 2.25. The van der Waals surface area contributed by atoms with Gasteiger partial charge < -0.3 is 10.2 Å². The molecular weight excluding hydrogens is 220 g/mol. The van der Waals surface area contributed by atoms with E-state index < -0.39 is 0 Å². The smallest absolute Gasteiger partial charge is 0.0409 e. The molecule has 0 aliphatic rings. The molecule has 0 heterocycles. The van der Waals surface area contributed by atoms with Gasteiger partial charge in [-0.05, 0) is 50.8 Å². The quantitative estimate of drug-likeness (QED) is 0.738. The molecule has 0 amide bonds. The molecule has 1 N–H and O–H groups in total. The van der Waals surface area contributed by atoms with Crippen molar-refractivity contribution >= 4 is 11.6 Å². The second-order valence-electron chi connectivity index (χ2n) is 4.07. The van der Waals surface area contributed by atoms with E-state index in [0.29, 0.717) is 0 Å². The first-order valence-electron chi connectivity index (χ1n) is 5.86. The topological polar surface area (TPSA) is 15.3 Å². The van der Waals surface area contributed by atoms with E-state index in [2.05, 4.69) is 30.3 Å². The summed E-state index contributed by atoms with van der Waals surface area (Å²) in [6, 6.07) is 8.06. The third-order valence-electron chi connectivity index (χ3n) is 2.48. The van der Waals surface area contributed by atoms with Gasteiger partial charge in [0.2, 0.25) is 0 Å². The van der Waals surface area contributed by atoms with Crippen molar-refractivity contribution in [2.24, 2.45) is 0 Å². The Kier molecular flexibility index (Phi) is 6.46. The molecule has 90 valence electrons. The fourth-order valence-corrected chi connectivity index (χ4v) is 1.89. The van der Waals surface area contributed by atoms with E-state index >= 15 is 0 Å². The van der Waals surface area contributed by atoms with Crippen LogP contribution in [0, 0.1) is 0 Å². The Labute approximate surface area is 104 Å². The summed E-state index contributed by atoms with van der Waals surface area (Å²) in [6.07, 6.45) is 1.19. The first-order chi connectivity index (χ1) is 7.72. The predicted molar refractivity (Wildman–Crippen MR) is 70.9 cm³/mol. The average molecular weight is 241 g/mol. The lowest BCUT2D eigenvalue weighted by Crippen LogP contribution is -2.23. The van der Waals surface area contributed by atoms with Crippen molar-refractivity contribution in [1.29, 1.82) is 0 Å². The molecule has 0 aliphatic heterocycles. The summed E-state index contributed by atoms with van der Waals surface area (Å²) in [6.45, 7) is 6.36. The standard InChI is InChI=1S/C13H21ClN2/c1-3-15-8-5-9-16(2)11-12-6-4-7-13(14)10-12/h4,6-7,10,15H,3,5,8-9,11H2,1-2H3. The Morgan fingerprint density at radius 2 is 2.19 bits per heavy atom. The summed E-state index contributed by atoms with van der Waals surface area (Å²) in [5.41, 5.74) is 1.28. The van der Waals surface area contributed by atoms with Crippen molar-refractivity contribution < 1.29 is 0 Å². The fraction of sp³-hybridized carbons (Fsp3) is 0.538. The summed E-state index contributed by atoms with van der Waals surface area (Å²) in [5, 5.41) is 4.15. The van der Waals surface area contributed by atoms with Gasteiger partial charge in [0.15, 0.2) is 0 Å². The summed E-state index contributed by atoms with van der Waals surface area (Å²) in [7, 11) is 2.15. The van der Waals surface area contributed by atoms with Gasteiger partial charge >= 0.3 is 0 Å². The van der Waals surface area contributed by atoms with Gasteiger partial charge in [0.25, 0.3) is 0 Å². The molecule has 0 saturated heterocycles. The molecule has 0 spiro atoms. The first-order valence-corrected chi connectivity index (χ1v) is 6.24. The summed E-state index contributed by atoms with van der Waals surface area (Å²) in [4.78, 5) is 2.32. The highest BCUT2D eigenvalue weighted by atomic mass is 35.5. The van der Waals surface area contributed by atoms with Crippen molar-refractivity contribution in [3.63, 3.8) is 0 Å². The Hall–Kier alpha value is -0.570. The van der Waals surface area contributed by atoms with Crippen LogP contribution in [0.2, 0.25) is 5.02 Å². The molecule has 0 saturated carbocycles. The fourth-order valence-electron chi connectivity index (χ4n) is 1.68. The molecule has 1 aromatic carbocycles. The van der Waals surface area contributed by atoms with Crippen LogP contribution in [-0.2, 0) is 6.54 Å². The molecule has 0 aromatic heterocycles. The zero-order chi connectivity index (χ0) is 11.8. The van der Waals surface area contributed by atoms with E-state index in [0.717, 1.165) is 31.2 Å². The second-order valence-corrected chi connectivity index (χ2v) is 4.51. The maximum atomic E-state index is 5.95. The average Bonchev–Trinajstić information content (AvgIpc) is 2.24. The van der Waals surface area contributed by atoms with Crippen LogP contribution in [0.1, 0.15) is 18.9 Å². The van der Waals surface area contributed by atoms with E-state index in [4.69, 9.17) is 11.6 Å². The molecule has 0 atom stereocenters. The number of rotatable bonds is 7. The second kappa shape index (κ2) is 7.66. The van der Waals surface area contributed by atoms with Crippen LogP contribution in [0.5, 0.6) is 0 Å². The van der Waals surface area contributed by atoms with Gasteiger partial charge in [-0.15, -0.1) is 0 Å². The number of nitrogens with one attached hydrogen (secondary N) is 1. The SMILES string of the molecule is CCNCCCN(C)Cc1cccc(Cl)c1. The lowest BCUT2D eigenvalue weighted by Gasteiger charge is -2.16. The van der Waals surface area contributed by atoms with Crippen molar-refractivity contribution in [2.75, 3.05) is 26.7 Å². The van der Waals surface area contributed by atoms with Gasteiger partial charge in [0.05, 0.1) is 0 Å². The van der Waals surface area contributed by atoms with E-state index in [1.165, 1.54) is 12.0 Å². The number of hydrogen-bond donors (Lipinski definition) is 1. The normalized spacial score (nSPS) is 11.0. The highest BCUT2D eigenvalue weighted by molar-refractivity contribution is 6.30. The highest BCUT2D eigenvalue weighted by Gasteiger charge is 2.00. The minimum Gasteiger partial charge on any atom is -0.317 e. The van der Waals surface area contributed by atoms with Crippen LogP contribution < -0.4 is 5.32 Å². The minimum atomic E-state index is 0.818. The van der Waals surface area contributed by atoms with E-state index in [9.17, 15) is 0 Å². The Morgan fingerprint density at radius 3 is 2.88 bits per heavy atom. The monoisotopic (exact) mass is 240 g/mol. The van der Waals surface area contributed by atoms with Crippen LogP contribution in [-0.4, -0.2) is 31.6 Å². The number of hydrogen-bond acceptors (Lipinski definition) is 2. The summed E-state index contributed by atoms with van der Waals surface area (Å²) >= 11 is 5.95. The number of halogens is 1. The molecule has 2 nitrogen and oxygen atoms in total. The Bertz CT molecular complexity index is 302. The molecule has 1 aromatic rings. The van der Waals surface area contributed by atoms with Gasteiger partial charge in [0.1, 0.15) is 0 Å². The van der Waals surface area contributed by atoms with Gasteiger partial charge in [-0.3, -0.25) is 0 Å². The van der Waals surface area contributed by atoms with E-state index in [1.54, 1.807) is 0 Å². The molecule has 16 heavy (non-hydrogen) atoms. The molecule has 0 bridgehead atoms. The minimum absolute atomic E-state index is 0.818. The lowest BCUT2D eigenvalue weighted by atomic mass is 10.2. The van der Waals surface area contributed by atoms with Crippen molar-refractivity contribution in [1.82, 2.24) is 10.2 Å². The largest absolute Gasteiger partial charge is 0.317 e. The zero-order valence-corrected chi connectivity index (χ0v) is 10.9. The maximum absolute atomic E-state index is 5.95. The van der Waals surface area contributed by atoms with Gasteiger partial charge in [-0.2, -0.15) is 0 Å². The zero-order valence-electron chi connectivity index (χ0n) is 10.2. The van der Waals surface area contributed by atoms with Gasteiger partial charge in [-0.25, -0.2) is 0 Å². The summed E-state index contributed by atoms with van der Waals surface area (Å²) in [5.74, 6) is 0. The van der Waals surface area contributed by atoms with Gasteiger partial charge in [0, 0.05) is 11.6 Å². The highest BCUT2D eigenvalue weighted by Crippen LogP contribution is 2.11. The lowest BCUT2D eigenvalue weighted by molar-refractivity contribution is 0.320. The van der Waals surface area contributed by atoms with Gasteiger partial charge in [-0.1, -0.05) is 30.7 Å². The van der Waals surface area contributed by atoms with E-state index in [-0.39, 0.29) is 0 Å². The van der Waals surface area contributed by atoms with E-state index in [1.807, 2.05) is 18.2 Å². The summed E-state index contributed by atoms with van der Waals surface area (Å²) < 4.78 is 0. The molecule has 0 fully saturated rings. The number of nitrogens with zero attached hydrogens (tertiary/aromatic N) is 1. The molecule has 1 rings (SSSR count). The molecule has 0 radical (unpaired) electrons. The third-order valence-corrected chi connectivity index (χ3v) is 2.72. The van der Waals surface area contributed by atoms with Crippen LogP contribution in [0.25, 0.3) is 0 Å². The van der Waals surface area contributed by atoms with Crippen LogP contribution in [0.3, 0.4) is 0 Å². The van der Waals surface area contributed by atoms with Crippen molar-refractivity contribution in [3.05, 3.63) is 34.9 Å². The Morgan fingerprint density at radius 1 is 1.38 bits per heavy atom. The molecular formula is C13H21ClN2. The number of benzene rings is 1. The maximum Gasteiger partial charge on any atom is 0.0409 e. The third kappa shape index (κ3) is 5.50. The van der Waals surface area contributed by atoms with Crippen LogP contribution in [0.15, 0.2) is 24.3 Å². The predicted octanol–water partition coefficient (Wildman–Crippen LogP) is 2.77. The van der Waals surface area contributed by atoms with Crippen molar-refractivity contribution in [3.8, 4) is 0 Å². The molecule has 0 unspecified atom stereocenters.